The molecule has 18 heteroatoms. The van der Waals surface area contributed by atoms with Crippen molar-refractivity contribution in [2.24, 2.45) is 16.9 Å². The molecule has 18 nitrogen and oxygen atoms in total. The van der Waals surface area contributed by atoms with Gasteiger partial charge in [0.1, 0.15) is 0 Å². The summed E-state index contributed by atoms with van der Waals surface area (Å²) in [4.78, 5) is 89.7. The van der Waals surface area contributed by atoms with E-state index < -0.39 is 5.91 Å². The number of carbonyl (C=O) groups excluding carboxylic acids is 7. The first-order valence-corrected chi connectivity index (χ1v) is 18.2. The van der Waals surface area contributed by atoms with Crippen molar-refractivity contribution in [1.82, 2.24) is 46.6 Å². The second kappa shape index (κ2) is 28.7. The Hall–Kier alpha value is -3.87. The second-order valence-corrected chi connectivity index (χ2v) is 13.8. The minimum absolute atomic E-state index is 0.0204. The molecule has 52 heavy (non-hydrogen) atoms. The molecule has 0 radical (unpaired) electrons. The normalized spacial score (nSPS) is 11.3. The second-order valence-electron chi connectivity index (χ2n) is 13.8. The zero-order chi connectivity index (χ0) is 39.4. The van der Waals surface area contributed by atoms with Crippen molar-refractivity contribution in [3.8, 4) is 0 Å². The van der Waals surface area contributed by atoms with E-state index in [0.717, 1.165) is 13.0 Å². The van der Waals surface area contributed by atoms with E-state index in [9.17, 15) is 33.6 Å². The highest BCUT2D eigenvalue weighted by Gasteiger charge is 2.17. The molecule has 300 valence electrons. The lowest BCUT2D eigenvalue weighted by atomic mass is 9.92. The SMILES string of the molecule is CNC(=O)CCN(CCC(=O)NCCN(CCC(N)=O)CCC(=O)NCCN(CCC(=O)NCN)CCC(=O)NCCNC(C)=O)CCC(C)(C)C. The maximum absolute atomic E-state index is 12.7. The molecule has 0 aliphatic rings. The Bertz CT molecular complexity index is 1100. The van der Waals surface area contributed by atoms with E-state index in [1.165, 1.54) is 6.92 Å². The molecule has 7 amide bonds. The summed E-state index contributed by atoms with van der Waals surface area (Å²) in [5.41, 5.74) is 10.9. The summed E-state index contributed by atoms with van der Waals surface area (Å²) in [6, 6.07) is 0. The smallest absolute Gasteiger partial charge is 0.222 e. The van der Waals surface area contributed by atoms with Gasteiger partial charge in [0.15, 0.2) is 0 Å². The number of nitrogens with zero attached hydrogens (tertiary/aromatic N) is 3. The lowest BCUT2D eigenvalue weighted by Crippen LogP contribution is -2.41. The molecule has 0 aromatic carbocycles. The van der Waals surface area contributed by atoms with Gasteiger partial charge in [0.05, 0.1) is 6.67 Å². The Morgan fingerprint density at radius 3 is 1.25 bits per heavy atom. The van der Waals surface area contributed by atoms with Crippen molar-refractivity contribution < 1.29 is 33.6 Å². The minimum Gasteiger partial charge on any atom is -0.370 e. The van der Waals surface area contributed by atoms with Crippen LogP contribution in [0.15, 0.2) is 0 Å². The molecule has 0 aromatic rings. The molecule has 0 atom stereocenters. The van der Waals surface area contributed by atoms with Crippen LogP contribution in [0.4, 0.5) is 0 Å². The summed E-state index contributed by atoms with van der Waals surface area (Å²) in [6.07, 6.45) is 2.17. The van der Waals surface area contributed by atoms with E-state index in [0.29, 0.717) is 78.4 Å². The fraction of sp³-hybridized carbons (Fsp3) is 0.794. The Kier molecular flexibility index (Phi) is 26.5. The van der Waals surface area contributed by atoms with Crippen LogP contribution >= 0.6 is 0 Å². The van der Waals surface area contributed by atoms with Crippen molar-refractivity contribution in [2.45, 2.75) is 72.6 Å². The minimum atomic E-state index is -0.466. The Morgan fingerprint density at radius 2 is 0.865 bits per heavy atom. The van der Waals surface area contributed by atoms with Gasteiger partial charge in [0, 0.05) is 131 Å². The Labute approximate surface area is 309 Å². The van der Waals surface area contributed by atoms with Gasteiger partial charge in [-0.1, -0.05) is 20.8 Å². The molecule has 0 bridgehead atoms. The average Bonchev–Trinajstić information content (AvgIpc) is 3.07. The summed E-state index contributed by atoms with van der Waals surface area (Å²) in [6.45, 7) is 13.2. The first-order chi connectivity index (χ1) is 24.5. The highest BCUT2D eigenvalue weighted by molar-refractivity contribution is 5.78. The molecular formula is C34H67N11O7. The Balaban J connectivity index is 4.86. The number of amides is 7. The van der Waals surface area contributed by atoms with Gasteiger partial charge >= 0.3 is 0 Å². The van der Waals surface area contributed by atoms with Gasteiger partial charge in [-0.05, 0) is 18.4 Å². The molecular weight excluding hydrogens is 674 g/mol. The first kappa shape index (κ1) is 48.1. The van der Waals surface area contributed by atoms with E-state index in [1.54, 1.807) is 7.05 Å². The van der Waals surface area contributed by atoms with Crippen LogP contribution in [0.3, 0.4) is 0 Å². The van der Waals surface area contributed by atoms with E-state index in [4.69, 9.17) is 11.5 Å². The fourth-order valence-electron chi connectivity index (χ4n) is 4.81. The molecule has 10 N–H and O–H groups in total. The Morgan fingerprint density at radius 1 is 0.500 bits per heavy atom. The quantitative estimate of drug-likeness (QED) is 0.0280. The molecule has 0 unspecified atom stereocenters. The zero-order valence-electron chi connectivity index (χ0n) is 32.2. The lowest BCUT2D eigenvalue weighted by molar-refractivity contribution is -0.123. The maximum Gasteiger partial charge on any atom is 0.222 e. The number of nitrogens with two attached hydrogens (primary N) is 2. The molecule has 0 aliphatic carbocycles. The molecule has 0 rings (SSSR count). The van der Waals surface area contributed by atoms with Crippen LogP contribution in [0.5, 0.6) is 0 Å². The highest BCUT2D eigenvalue weighted by Crippen LogP contribution is 2.19. The number of hydrogen-bond acceptors (Lipinski definition) is 11. The zero-order valence-corrected chi connectivity index (χ0v) is 32.2. The third-order valence-electron chi connectivity index (χ3n) is 8.03. The molecule has 0 fully saturated rings. The third-order valence-corrected chi connectivity index (χ3v) is 8.03. The number of nitrogens with one attached hydrogen (secondary N) is 6. The molecule has 0 aromatic heterocycles. The maximum atomic E-state index is 12.7. The van der Waals surface area contributed by atoms with Gasteiger partial charge in [0.2, 0.25) is 41.4 Å². The van der Waals surface area contributed by atoms with Crippen LogP contribution in [0, 0.1) is 5.41 Å². The predicted octanol–water partition coefficient (Wildman–Crippen LogP) is -2.58. The molecule has 0 saturated carbocycles. The average molecular weight is 742 g/mol. The summed E-state index contributed by atoms with van der Waals surface area (Å²) < 4.78 is 0. The van der Waals surface area contributed by atoms with Crippen LogP contribution < -0.4 is 43.4 Å². The van der Waals surface area contributed by atoms with Gasteiger partial charge in [-0.25, -0.2) is 0 Å². The predicted molar refractivity (Wildman–Crippen MR) is 199 cm³/mol. The summed E-state index contributed by atoms with van der Waals surface area (Å²) in [5.74, 6) is -1.45. The largest absolute Gasteiger partial charge is 0.370 e. The van der Waals surface area contributed by atoms with Crippen molar-refractivity contribution >= 4 is 41.4 Å². The van der Waals surface area contributed by atoms with E-state index in [1.807, 2.05) is 9.80 Å². The monoisotopic (exact) mass is 742 g/mol. The van der Waals surface area contributed by atoms with Crippen LogP contribution in [0.2, 0.25) is 0 Å². The van der Waals surface area contributed by atoms with Gasteiger partial charge in [-0.3, -0.25) is 33.6 Å². The van der Waals surface area contributed by atoms with E-state index in [-0.39, 0.29) is 86.2 Å². The third kappa shape index (κ3) is 29.8. The number of primary amides is 1. The van der Waals surface area contributed by atoms with Gasteiger partial charge < -0.3 is 58.1 Å². The molecule has 0 heterocycles. The molecule has 0 spiro atoms. The summed E-state index contributed by atoms with van der Waals surface area (Å²) in [7, 11) is 1.60. The van der Waals surface area contributed by atoms with Crippen molar-refractivity contribution in [3.05, 3.63) is 0 Å². The van der Waals surface area contributed by atoms with Crippen LogP contribution in [0.25, 0.3) is 0 Å². The standard InChI is InChI=1S/C34H67N11O7/c1-27(46)38-13-14-39-30(49)9-21-45(22-11-33(52)42-26-35)25-16-41-32(51)10-20-44(17-6-28(36)47)24-15-40-31(50)8-19-43(18-7-29(48)37-5)23-12-34(2,3)4/h6-26,35H2,1-5H3,(H2,36,47)(H,37,48)(H,38,46)(H,39,49)(H,40,50)(H,41,51)(H,42,52). The number of rotatable bonds is 30. The highest BCUT2D eigenvalue weighted by atomic mass is 16.2. The first-order valence-electron chi connectivity index (χ1n) is 18.2. The van der Waals surface area contributed by atoms with Crippen molar-refractivity contribution in [2.75, 3.05) is 98.8 Å². The van der Waals surface area contributed by atoms with Crippen LogP contribution in [-0.2, 0) is 33.6 Å². The van der Waals surface area contributed by atoms with Crippen LogP contribution in [0.1, 0.15) is 72.6 Å². The van der Waals surface area contributed by atoms with E-state index in [2.05, 4.69) is 57.6 Å². The van der Waals surface area contributed by atoms with Crippen LogP contribution in [-0.4, -0.2) is 155 Å². The summed E-state index contributed by atoms with van der Waals surface area (Å²) >= 11 is 0. The van der Waals surface area contributed by atoms with Gasteiger partial charge in [-0.15, -0.1) is 0 Å². The lowest BCUT2D eigenvalue weighted by Gasteiger charge is -2.26. The summed E-state index contributed by atoms with van der Waals surface area (Å²) in [5, 5.41) is 16.3. The van der Waals surface area contributed by atoms with Gasteiger partial charge in [0.25, 0.3) is 0 Å². The molecule has 0 saturated heterocycles. The molecule has 0 aliphatic heterocycles. The topological polar surface area (TPSA) is 253 Å². The number of carbonyl (C=O) groups is 7. The van der Waals surface area contributed by atoms with Crippen molar-refractivity contribution in [1.29, 1.82) is 0 Å². The fourth-order valence-corrected chi connectivity index (χ4v) is 4.81. The van der Waals surface area contributed by atoms with E-state index >= 15 is 0 Å². The van der Waals surface area contributed by atoms with Crippen molar-refractivity contribution in [3.63, 3.8) is 0 Å². The van der Waals surface area contributed by atoms with Gasteiger partial charge in [-0.2, -0.15) is 0 Å². The number of hydrogen-bond donors (Lipinski definition) is 8.